The Labute approximate surface area is 135 Å². The Morgan fingerprint density at radius 3 is 2.35 bits per heavy atom. The quantitative estimate of drug-likeness (QED) is 0.601. The van der Waals surface area contributed by atoms with Crippen molar-refractivity contribution in [1.82, 2.24) is 5.43 Å². The minimum absolute atomic E-state index is 0.311. The average molecular weight is 378 g/mol. The molecule has 1 atom stereocenters. The first-order valence-electron chi connectivity index (χ1n) is 5.87. The summed E-state index contributed by atoms with van der Waals surface area (Å²) in [6, 6.07) is 9.80. The molecule has 2 rings (SSSR count). The third-order valence-corrected chi connectivity index (χ3v) is 4.55. The Bertz CT molecular complexity index is 602. The number of rotatable bonds is 4. The number of halogens is 4. The number of hydrazine groups is 1. The summed E-state index contributed by atoms with van der Waals surface area (Å²) in [4.78, 5) is 0. The van der Waals surface area contributed by atoms with Crippen molar-refractivity contribution in [3.63, 3.8) is 0 Å². The van der Waals surface area contributed by atoms with Gasteiger partial charge in [0.1, 0.15) is 5.82 Å². The molecular formula is C14H12BrCl2FN2. The van der Waals surface area contributed by atoms with Crippen molar-refractivity contribution in [2.24, 2.45) is 5.84 Å². The number of nitrogens with one attached hydrogen (secondary N) is 1. The van der Waals surface area contributed by atoms with Crippen molar-refractivity contribution in [2.45, 2.75) is 12.5 Å². The number of hydrogen-bond donors (Lipinski definition) is 2. The van der Waals surface area contributed by atoms with Gasteiger partial charge in [0.2, 0.25) is 0 Å². The van der Waals surface area contributed by atoms with Gasteiger partial charge in [0.05, 0.1) is 10.5 Å². The van der Waals surface area contributed by atoms with Gasteiger partial charge in [-0.05, 0) is 46.1 Å². The summed E-state index contributed by atoms with van der Waals surface area (Å²) in [5.74, 6) is 5.29. The van der Waals surface area contributed by atoms with E-state index in [-0.39, 0.29) is 11.9 Å². The summed E-state index contributed by atoms with van der Waals surface area (Å²) < 4.78 is 14.0. The van der Waals surface area contributed by atoms with Crippen molar-refractivity contribution in [3.8, 4) is 0 Å². The smallest absolute Gasteiger partial charge is 0.137 e. The fourth-order valence-corrected chi connectivity index (χ4v) is 3.10. The number of benzene rings is 2. The second-order valence-corrected chi connectivity index (χ2v) is 5.88. The van der Waals surface area contributed by atoms with E-state index in [1.165, 1.54) is 6.07 Å². The summed E-state index contributed by atoms with van der Waals surface area (Å²) in [7, 11) is 0. The third-order valence-electron chi connectivity index (χ3n) is 3.00. The maximum absolute atomic E-state index is 13.5. The van der Waals surface area contributed by atoms with Crippen LogP contribution in [-0.2, 0) is 6.42 Å². The molecule has 106 valence electrons. The Morgan fingerprint density at radius 1 is 1.15 bits per heavy atom. The van der Waals surface area contributed by atoms with Crippen molar-refractivity contribution in [3.05, 3.63) is 67.9 Å². The van der Waals surface area contributed by atoms with Crippen molar-refractivity contribution < 1.29 is 4.39 Å². The maximum atomic E-state index is 13.5. The topological polar surface area (TPSA) is 38.0 Å². The lowest BCUT2D eigenvalue weighted by Gasteiger charge is -2.20. The van der Waals surface area contributed by atoms with Crippen LogP contribution in [-0.4, -0.2) is 0 Å². The average Bonchev–Trinajstić information content (AvgIpc) is 2.42. The Kier molecular flexibility index (Phi) is 5.41. The molecule has 0 aliphatic heterocycles. The van der Waals surface area contributed by atoms with Crippen LogP contribution in [0.4, 0.5) is 4.39 Å². The van der Waals surface area contributed by atoms with Gasteiger partial charge < -0.3 is 0 Å². The molecule has 0 saturated carbocycles. The van der Waals surface area contributed by atoms with Gasteiger partial charge in [-0.25, -0.2) is 4.39 Å². The van der Waals surface area contributed by atoms with Gasteiger partial charge in [0, 0.05) is 15.6 Å². The van der Waals surface area contributed by atoms with E-state index in [2.05, 4.69) is 21.4 Å². The van der Waals surface area contributed by atoms with Gasteiger partial charge in [-0.15, -0.1) is 0 Å². The van der Waals surface area contributed by atoms with Gasteiger partial charge >= 0.3 is 0 Å². The third kappa shape index (κ3) is 3.32. The zero-order chi connectivity index (χ0) is 14.7. The van der Waals surface area contributed by atoms with Crippen LogP contribution in [0.2, 0.25) is 10.0 Å². The minimum atomic E-state index is -0.316. The van der Waals surface area contributed by atoms with Crippen LogP contribution < -0.4 is 11.3 Å². The number of nitrogens with two attached hydrogens (primary N) is 1. The van der Waals surface area contributed by atoms with Gasteiger partial charge in [-0.2, -0.15) is 0 Å². The molecule has 0 aromatic heterocycles. The first kappa shape index (κ1) is 15.7. The molecule has 0 aliphatic carbocycles. The predicted octanol–water partition coefficient (Wildman–Crippen LogP) is 4.64. The summed E-state index contributed by atoms with van der Waals surface area (Å²) in [6.45, 7) is 0. The van der Waals surface area contributed by atoms with Gasteiger partial charge in [-0.1, -0.05) is 41.4 Å². The Hall–Kier alpha value is -0.650. The van der Waals surface area contributed by atoms with Crippen LogP contribution >= 0.6 is 39.1 Å². The molecule has 2 aromatic carbocycles. The monoisotopic (exact) mass is 376 g/mol. The summed E-state index contributed by atoms with van der Waals surface area (Å²) in [5.41, 5.74) is 4.17. The summed E-state index contributed by atoms with van der Waals surface area (Å²) in [6.07, 6.45) is 0.457. The predicted molar refractivity (Wildman–Crippen MR) is 84.3 cm³/mol. The summed E-state index contributed by atoms with van der Waals surface area (Å²) >= 11 is 15.6. The first-order valence-corrected chi connectivity index (χ1v) is 7.42. The molecule has 0 heterocycles. The van der Waals surface area contributed by atoms with Gasteiger partial charge in [0.15, 0.2) is 0 Å². The lowest BCUT2D eigenvalue weighted by Crippen LogP contribution is -2.30. The molecule has 2 nitrogen and oxygen atoms in total. The van der Waals surface area contributed by atoms with Crippen LogP contribution in [0.1, 0.15) is 17.2 Å². The molecule has 6 heteroatoms. The lowest BCUT2D eigenvalue weighted by atomic mass is 9.99. The standard InChI is InChI=1S/C14H12BrCl2FN2/c15-14-8(3-1-6-11(14)18)7-12(20-19)13-9(16)4-2-5-10(13)17/h1-6,12,20H,7,19H2. The van der Waals surface area contributed by atoms with E-state index in [1.807, 2.05) is 6.07 Å². The Morgan fingerprint density at radius 2 is 1.75 bits per heavy atom. The first-order chi connectivity index (χ1) is 9.54. The fourth-order valence-electron chi connectivity index (χ4n) is 2.01. The fraction of sp³-hybridized carbons (Fsp3) is 0.143. The van der Waals surface area contributed by atoms with Crippen LogP contribution in [0, 0.1) is 5.82 Å². The van der Waals surface area contributed by atoms with E-state index in [0.717, 1.165) is 5.56 Å². The van der Waals surface area contributed by atoms with Gasteiger partial charge in [-0.3, -0.25) is 11.3 Å². The van der Waals surface area contributed by atoms with Crippen LogP contribution in [0.25, 0.3) is 0 Å². The molecule has 0 spiro atoms. The van der Waals surface area contributed by atoms with Gasteiger partial charge in [0.25, 0.3) is 0 Å². The normalized spacial score (nSPS) is 12.4. The molecule has 0 bridgehead atoms. The molecule has 0 fully saturated rings. The van der Waals surface area contributed by atoms with E-state index in [1.54, 1.807) is 24.3 Å². The second-order valence-electron chi connectivity index (χ2n) is 4.27. The van der Waals surface area contributed by atoms with Crippen molar-refractivity contribution in [2.75, 3.05) is 0 Å². The maximum Gasteiger partial charge on any atom is 0.137 e. The Balaban J connectivity index is 2.37. The van der Waals surface area contributed by atoms with Crippen LogP contribution in [0.5, 0.6) is 0 Å². The molecule has 0 aliphatic rings. The molecule has 0 amide bonds. The SMILES string of the molecule is NNC(Cc1cccc(F)c1Br)c1c(Cl)cccc1Cl. The van der Waals surface area contributed by atoms with Crippen molar-refractivity contribution >= 4 is 39.1 Å². The molecule has 0 saturated heterocycles. The highest BCUT2D eigenvalue weighted by atomic mass is 79.9. The molecule has 0 radical (unpaired) electrons. The van der Waals surface area contributed by atoms with E-state index < -0.39 is 0 Å². The zero-order valence-corrected chi connectivity index (χ0v) is 13.4. The minimum Gasteiger partial charge on any atom is -0.271 e. The highest BCUT2D eigenvalue weighted by molar-refractivity contribution is 9.10. The van der Waals surface area contributed by atoms with Crippen LogP contribution in [0.15, 0.2) is 40.9 Å². The number of hydrogen-bond acceptors (Lipinski definition) is 2. The molecule has 2 aromatic rings. The van der Waals surface area contributed by atoms with Crippen LogP contribution in [0.3, 0.4) is 0 Å². The molecular weight excluding hydrogens is 366 g/mol. The highest BCUT2D eigenvalue weighted by Gasteiger charge is 2.19. The lowest BCUT2D eigenvalue weighted by molar-refractivity contribution is 0.547. The van der Waals surface area contributed by atoms with E-state index in [0.29, 0.717) is 26.5 Å². The van der Waals surface area contributed by atoms with E-state index in [9.17, 15) is 4.39 Å². The molecule has 1 unspecified atom stereocenters. The van der Waals surface area contributed by atoms with E-state index >= 15 is 0 Å². The van der Waals surface area contributed by atoms with Crippen molar-refractivity contribution in [1.29, 1.82) is 0 Å². The zero-order valence-electron chi connectivity index (χ0n) is 10.3. The largest absolute Gasteiger partial charge is 0.271 e. The van der Waals surface area contributed by atoms with E-state index in [4.69, 9.17) is 29.0 Å². The second kappa shape index (κ2) is 6.87. The molecule has 3 N–H and O–H groups in total. The molecule has 20 heavy (non-hydrogen) atoms. The summed E-state index contributed by atoms with van der Waals surface area (Å²) in [5, 5.41) is 1.04. The highest BCUT2D eigenvalue weighted by Crippen LogP contribution is 2.33.